The fourth-order valence-corrected chi connectivity index (χ4v) is 2.48. The van der Waals surface area contributed by atoms with Gasteiger partial charge >= 0.3 is 0 Å². The maximum absolute atomic E-state index is 12.0. The van der Waals surface area contributed by atoms with Gasteiger partial charge in [-0.2, -0.15) is 0 Å². The summed E-state index contributed by atoms with van der Waals surface area (Å²) in [7, 11) is 0. The Morgan fingerprint density at radius 1 is 1.11 bits per heavy atom. The van der Waals surface area contributed by atoms with Crippen molar-refractivity contribution >= 4 is 35.8 Å². The maximum Gasteiger partial charge on any atom is 0.224 e. The Labute approximate surface area is 181 Å². The third-order valence-corrected chi connectivity index (χ3v) is 3.81. The molecule has 0 unspecified atom stereocenters. The van der Waals surface area contributed by atoms with Crippen molar-refractivity contribution in [3.63, 3.8) is 0 Å². The summed E-state index contributed by atoms with van der Waals surface area (Å²) in [6.07, 6.45) is 0.635. The normalized spacial score (nSPS) is 11.0. The van der Waals surface area contributed by atoms with Crippen molar-refractivity contribution in [2.75, 3.05) is 26.2 Å². The number of amides is 1. The lowest BCUT2D eigenvalue weighted by molar-refractivity contribution is -0.130. The highest BCUT2D eigenvalue weighted by Gasteiger charge is 2.09. The van der Waals surface area contributed by atoms with Crippen molar-refractivity contribution in [3.05, 3.63) is 29.8 Å². The highest BCUT2D eigenvalue weighted by molar-refractivity contribution is 14.0. The van der Waals surface area contributed by atoms with Crippen LogP contribution < -0.4 is 15.4 Å². The Morgan fingerprint density at radius 2 is 1.74 bits per heavy atom. The fraction of sp³-hybridized carbons (Fsp3) is 0.600. The molecule has 0 saturated carbocycles. The molecule has 0 spiro atoms. The van der Waals surface area contributed by atoms with Crippen molar-refractivity contribution in [1.29, 1.82) is 0 Å². The number of nitrogens with zero attached hydrogens (tertiary/aromatic N) is 2. The van der Waals surface area contributed by atoms with Crippen LogP contribution >= 0.6 is 24.0 Å². The number of halogens is 1. The molecule has 0 saturated heterocycles. The van der Waals surface area contributed by atoms with E-state index in [1.165, 1.54) is 0 Å². The Bertz CT molecular complexity index is 558. The molecule has 1 amide bonds. The van der Waals surface area contributed by atoms with Crippen LogP contribution in [0.15, 0.2) is 29.3 Å². The van der Waals surface area contributed by atoms with Crippen LogP contribution in [0, 0.1) is 0 Å². The van der Waals surface area contributed by atoms with Gasteiger partial charge in [-0.1, -0.05) is 12.1 Å². The number of hydrogen-bond donors (Lipinski definition) is 2. The summed E-state index contributed by atoms with van der Waals surface area (Å²) in [6, 6.07) is 7.98. The smallest absolute Gasteiger partial charge is 0.224 e. The molecule has 154 valence electrons. The van der Waals surface area contributed by atoms with Crippen molar-refractivity contribution in [1.82, 2.24) is 15.5 Å². The molecule has 0 aromatic heterocycles. The minimum Gasteiger partial charge on any atom is -0.491 e. The molecule has 0 atom stereocenters. The van der Waals surface area contributed by atoms with Gasteiger partial charge in [0, 0.05) is 32.6 Å². The lowest BCUT2D eigenvalue weighted by Crippen LogP contribution is -2.40. The third kappa shape index (κ3) is 10.4. The molecule has 2 N–H and O–H groups in total. The second-order valence-electron chi connectivity index (χ2n) is 6.25. The van der Waals surface area contributed by atoms with Gasteiger partial charge in [0.1, 0.15) is 5.75 Å². The quantitative estimate of drug-likeness (QED) is 0.300. The van der Waals surface area contributed by atoms with Crippen LogP contribution in [0.3, 0.4) is 0 Å². The number of carbonyl (C=O) groups excluding carboxylic acids is 1. The van der Waals surface area contributed by atoms with Crippen LogP contribution in [0.2, 0.25) is 0 Å². The molecule has 0 heterocycles. The van der Waals surface area contributed by atoms with Gasteiger partial charge in [-0.05, 0) is 52.3 Å². The van der Waals surface area contributed by atoms with Crippen molar-refractivity contribution < 1.29 is 9.53 Å². The average molecular weight is 490 g/mol. The van der Waals surface area contributed by atoms with E-state index in [2.05, 4.69) is 15.6 Å². The predicted molar refractivity (Wildman–Crippen MR) is 123 cm³/mol. The second-order valence-corrected chi connectivity index (χ2v) is 6.25. The van der Waals surface area contributed by atoms with Gasteiger partial charge in [-0.3, -0.25) is 4.79 Å². The first-order valence-electron chi connectivity index (χ1n) is 9.55. The van der Waals surface area contributed by atoms with Crippen LogP contribution in [0.4, 0.5) is 0 Å². The number of nitrogens with one attached hydrogen (secondary N) is 2. The van der Waals surface area contributed by atoms with E-state index in [-0.39, 0.29) is 36.0 Å². The molecular weight excluding hydrogens is 455 g/mol. The lowest BCUT2D eigenvalue weighted by atomic mass is 10.2. The summed E-state index contributed by atoms with van der Waals surface area (Å²) in [6.45, 7) is 13.5. The molecule has 27 heavy (non-hydrogen) atoms. The molecule has 6 nitrogen and oxygen atoms in total. The molecule has 1 aromatic rings. The SMILES string of the molecule is CCNC(=NCc1ccc(OC(C)C)cc1)NCCC(=O)N(CC)CC.I. The Morgan fingerprint density at radius 3 is 2.26 bits per heavy atom. The number of aliphatic imine (C=N–C) groups is 1. The van der Waals surface area contributed by atoms with E-state index in [0.29, 0.717) is 19.5 Å². The zero-order valence-corrected chi connectivity index (χ0v) is 19.6. The Balaban J connectivity index is 0.00000676. The highest BCUT2D eigenvalue weighted by Crippen LogP contribution is 2.14. The molecule has 1 rings (SSSR count). The van der Waals surface area contributed by atoms with E-state index in [0.717, 1.165) is 36.9 Å². The van der Waals surface area contributed by atoms with Crippen LogP contribution in [0.5, 0.6) is 5.75 Å². The first-order valence-corrected chi connectivity index (χ1v) is 9.55. The van der Waals surface area contributed by atoms with E-state index >= 15 is 0 Å². The Kier molecular flexibility index (Phi) is 13.7. The van der Waals surface area contributed by atoms with Crippen molar-refractivity contribution in [3.8, 4) is 5.75 Å². The lowest BCUT2D eigenvalue weighted by Gasteiger charge is -2.19. The Hall–Kier alpha value is -1.51. The number of rotatable bonds is 10. The van der Waals surface area contributed by atoms with Crippen LogP contribution in [0.1, 0.15) is 46.6 Å². The first-order chi connectivity index (χ1) is 12.5. The van der Waals surface area contributed by atoms with Gasteiger partial charge in [0.2, 0.25) is 5.91 Å². The zero-order chi connectivity index (χ0) is 19.4. The first kappa shape index (κ1) is 25.5. The standard InChI is InChI=1S/C20H34N4O2.HI/c1-6-21-20(22-14-13-19(25)24(7-2)8-3)23-15-17-9-11-18(12-10-17)26-16(4)5;/h9-12,16H,6-8,13-15H2,1-5H3,(H2,21,22,23);1H. The van der Waals surface area contributed by atoms with Gasteiger partial charge in [-0.25, -0.2) is 4.99 Å². The molecule has 0 bridgehead atoms. The summed E-state index contributed by atoms with van der Waals surface area (Å²) in [5.41, 5.74) is 1.11. The summed E-state index contributed by atoms with van der Waals surface area (Å²) in [4.78, 5) is 18.5. The van der Waals surface area contributed by atoms with Crippen LogP contribution in [-0.2, 0) is 11.3 Å². The number of carbonyl (C=O) groups is 1. The van der Waals surface area contributed by atoms with Crippen molar-refractivity contribution in [2.24, 2.45) is 4.99 Å². The maximum atomic E-state index is 12.0. The van der Waals surface area contributed by atoms with Gasteiger partial charge in [0.15, 0.2) is 5.96 Å². The van der Waals surface area contributed by atoms with Gasteiger partial charge in [-0.15, -0.1) is 24.0 Å². The van der Waals surface area contributed by atoms with Crippen LogP contribution in [-0.4, -0.2) is 49.0 Å². The van der Waals surface area contributed by atoms with Gasteiger partial charge in [0.25, 0.3) is 0 Å². The highest BCUT2D eigenvalue weighted by atomic mass is 127. The molecule has 0 fully saturated rings. The summed E-state index contributed by atoms with van der Waals surface area (Å²) >= 11 is 0. The number of ether oxygens (including phenoxy) is 1. The molecule has 0 aliphatic carbocycles. The summed E-state index contributed by atoms with van der Waals surface area (Å²) in [5, 5.41) is 6.44. The monoisotopic (exact) mass is 490 g/mol. The molecular formula is C20H35IN4O2. The molecule has 0 aliphatic rings. The predicted octanol–water partition coefficient (Wildman–Crippen LogP) is 3.41. The molecule has 0 radical (unpaired) electrons. The average Bonchev–Trinajstić information content (AvgIpc) is 2.61. The second kappa shape index (κ2) is 14.5. The van der Waals surface area contributed by atoms with E-state index in [4.69, 9.17) is 4.74 Å². The number of guanidine groups is 1. The number of benzene rings is 1. The van der Waals surface area contributed by atoms with Gasteiger partial charge < -0.3 is 20.3 Å². The van der Waals surface area contributed by atoms with Crippen molar-refractivity contribution in [2.45, 2.75) is 53.7 Å². The minimum atomic E-state index is 0. The van der Waals surface area contributed by atoms with E-state index < -0.39 is 0 Å². The van der Waals surface area contributed by atoms with E-state index in [1.54, 1.807) is 0 Å². The fourth-order valence-electron chi connectivity index (χ4n) is 2.48. The van der Waals surface area contributed by atoms with E-state index in [9.17, 15) is 4.79 Å². The summed E-state index contributed by atoms with van der Waals surface area (Å²) in [5.74, 6) is 1.76. The largest absolute Gasteiger partial charge is 0.491 e. The zero-order valence-electron chi connectivity index (χ0n) is 17.2. The molecule has 0 aliphatic heterocycles. The topological polar surface area (TPSA) is 66.0 Å². The van der Waals surface area contributed by atoms with Crippen LogP contribution in [0.25, 0.3) is 0 Å². The summed E-state index contributed by atoms with van der Waals surface area (Å²) < 4.78 is 5.65. The number of hydrogen-bond acceptors (Lipinski definition) is 3. The third-order valence-electron chi connectivity index (χ3n) is 3.81. The van der Waals surface area contributed by atoms with Gasteiger partial charge in [0.05, 0.1) is 12.6 Å². The molecule has 7 heteroatoms. The minimum absolute atomic E-state index is 0. The van der Waals surface area contributed by atoms with E-state index in [1.807, 2.05) is 63.8 Å². The molecule has 1 aromatic carbocycles.